The quantitative estimate of drug-likeness (QED) is 0.557. The zero-order valence-electron chi connectivity index (χ0n) is 8.72. The molecule has 0 aromatic heterocycles. The zero-order valence-corrected chi connectivity index (χ0v) is 8.72. The lowest BCUT2D eigenvalue weighted by molar-refractivity contribution is 0.275. The summed E-state index contributed by atoms with van der Waals surface area (Å²) in [5.74, 6) is 4.31. The fraction of sp³-hybridized carbons (Fsp3) is 1.00. The van der Waals surface area contributed by atoms with E-state index in [0.29, 0.717) is 0 Å². The smallest absolute Gasteiger partial charge is 0.0204 e. The second kappa shape index (κ2) is 1.63. The van der Waals surface area contributed by atoms with Gasteiger partial charge in [0.15, 0.2) is 0 Å². The standard InChI is InChI=1S/C12H20/c1-7-5-9-10(7)12(9,4)11(3)6-8(11)2/h7-10H,5-6H2,1-4H3. The van der Waals surface area contributed by atoms with Gasteiger partial charge < -0.3 is 0 Å². The molecule has 0 aliphatic heterocycles. The Morgan fingerprint density at radius 2 is 1.75 bits per heavy atom. The van der Waals surface area contributed by atoms with Gasteiger partial charge in [0.1, 0.15) is 0 Å². The van der Waals surface area contributed by atoms with Crippen molar-refractivity contribution in [2.24, 2.45) is 34.5 Å². The predicted molar refractivity (Wildman–Crippen MR) is 50.8 cm³/mol. The molecule has 6 atom stereocenters. The minimum absolute atomic E-state index is 0.743. The number of fused-ring (bicyclic) bond motifs is 1. The molecule has 0 radical (unpaired) electrons. The van der Waals surface area contributed by atoms with Crippen molar-refractivity contribution in [3.63, 3.8) is 0 Å². The maximum absolute atomic E-state index is 2.56. The van der Waals surface area contributed by atoms with Gasteiger partial charge in [0.05, 0.1) is 0 Å². The molecule has 3 fully saturated rings. The molecule has 3 aliphatic rings. The molecule has 3 aliphatic carbocycles. The number of hydrogen-bond acceptors (Lipinski definition) is 0. The van der Waals surface area contributed by atoms with E-state index in [1.165, 1.54) is 12.8 Å². The maximum atomic E-state index is 2.56. The Balaban J connectivity index is 1.87. The van der Waals surface area contributed by atoms with Crippen molar-refractivity contribution in [2.75, 3.05) is 0 Å². The lowest BCUT2D eigenvalue weighted by Crippen LogP contribution is -2.15. The zero-order chi connectivity index (χ0) is 8.72. The van der Waals surface area contributed by atoms with Gasteiger partial charge in [-0.05, 0) is 47.3 Å². The molecule has 0 spiro atoms. The fourth-order valence-electron chi connectivity index (χ4n) is 4.50. The first-order chi connectivity index (χ1) is 5.52. The van der Waals surface area contributed by atoms with Crippen LogP contribution in [0.2, 0.25) is 0 Å². The Morgan fingerprint density at radius 1 is 1.17 bits per heavy atom. The summed E-state index contributed by atoms with van der Waals surface area (Å²) >= 11 is 0. The highest BCUT2D eigenvalue weighted by atomic mass is 14.8. The van der Waals surface area contributed by atoms with Crippen LogP contribution < -0.4 is 0 Å². The molecule has 0 bridgehead atoms. The van der Waals surface area contributed by atoms with Gasteiger partial charge in [0.25, 0.3) is 0 Å². The largest absolute Gasteiger partial charge is 0.0622 e. The summed E-state index contributed by atoms with van der Waals surface area (Å²) in [7, 11) is 0. The summed E-state index contributed by atoms with van der Waals surface area (Å²) < 4.78 is 0. The Kier molecular flexibility index (Phi) is 1.00. The minimum atomic E-state index is 0.743. The summed E-state index contributed by atoms with van der Waals surface area (Å²) in [5.41, 5.74) is 1.51. The van der Waals surface area contributed by atoms with Crippen LogP contribution in [0, 0.1) is 34.5 Å². The average molecular weight is 164 g/mol. The molecule has 0 amide bonds. The van der Waals surface area contributed by atoms with Gasteiger partial charge in [-0.3, -0.25) is 0 Å². The van der Waals surface area contributed by atoms with Crippen molar-refractivity contribution < 1.29 is 0 Å². The van der Waals surface area contributed by atoms with Crippen LogP contribution in [0.3, 0.4) is 0 Å². The van der Waals surface area contributed by atoms with Crippen LogP contribution in [0.4, 0.5) is 0 Å². The summed E-state index contributed by atoms with van der Waals surface area (Å²) in [6.07, 6.45) is 3.03. The van der Waals surface area contributed by atoms with Crippen LogP contribution in [-0.4, -0.2) is 0 Å². The lowest BCUT2D eigenvalue weighted by atomic mass is 9.84. The Hall–Kier alpha value is 0. The van der Waals surface area contributed by atoms with E-state index in [1.54, 1.807) is 0 Å². The van der Waals surface area contributed by atoms with Gasteiger partial charge in [-0.2, -0.15) is 0 Å². The van der Waals surface area contributed by atoms with Gasteiger partial charge in [-0.1, -0.05) is 27.7 Å². The molecule has 0 heteroatoms. The summed E-state index contributed by atoms with van der Waals surface area (Å²) in [5, 5.41) is 0. The Labute approximate surface area is 75.7 Å². The van der Waals surface area contributed by atoms with Crippen LogP contribution >= 0.6 is 0 Å². The summed E-state index contributed by atoms with van der Waals surface area (Å²) in [6, 6.07) is 0. The van der Waals surface area contributed by atoms with Crippen LogP contribution in [0.15, 0.2) is 0 Å². The van der Waals surface area contributed by atoms with Crippen LogP contribution in [-0.2, 0) is 0 Å². The normalized spacial score (nSPS) is 73.0. The molecule has 0 heterocycles. The molecule has 0 nitrogen and oxygen atoms in total. The topological polar surface area (TPSA) is 0 Å². The number of rotatable bonds is 1. The van der Waals surface area contributed by atoms with E-state index in [-0.39, 0.29) is 0 Å². The van der Waals surface area contributed by atoms with E-state index in [9.17, 15) is 0 Å². The predicted octanol–water partition coefficient (Wildman–Crippen LogP) is 3.32. The van der Waals surface area contributed by atoms with Crippen molar-refractivity contribution in [2.45, 2.75) is 40.5 Å². The molecule has 0 aromatic carbocycles. The maximum Gasteiger partial charge on any atom is -0.0204 e. The highest BCUT2D eigenvalue weighted by Gasteiger charge is 2.79. The van der Waals surface area contributed by atoms with E-state index in [4.69, 9.17) is 0 Å². The summed E-state index contributed by atoms with van der Waals surface area (Å²) in [6.45, 7) is 9.98. The second-order valence-corrected chi connectivity index (χ2v) is 6.15. The van der Waals surface area contributed by atoms with Gasteiger partial charge in [0, 0.05) is 0 Å². The van der Waals surface area contributed by atoms with Crippen molar-refractivity contribution in [3.8, 4) is 0 Å². The SMILES string of the molecule is CC1CC2C1C2(C)C1(C)CC1C. The molecule has 0 N–H and O–H groups in total. The first-order valence-electron chi connectivity index (χ1n) is 5.52. The highest BCUT2D eigenvalue weighted by Crippen LogP contribution is 2.85. The molecule has 0 saturated heterocycles. The van der Waals surface area contributed by atoms with Gasteiger partial charge in [-0.25, -0.2) is 0 Å². The second-order valence-electron chi connectivity index (χ2n) is 6.15. The van der Waals surface area contributed by atoms with E-state index >= 15 is 0 Å². The van der Waals surface area contributed by atoms with E-state index < -0.39 is 0 Å². The van der Waals surface area contributed by atoms with Crippen molar-refractivity contribution in [1.29, 1.82) is 0 Å². The van der Waals surface area contributed by atoms with Crippen LogP contribution in [0.1, 0.15) is 40.5 Å². The molecule has 0 aromatic rings. The first-order valence-corrected chi connectivity index (χ1v) is 5.52. The van der Waals surface area contributed by atoms with Crippen molar-refractivity contribution >= 4 is 0 Å². The van der Waals surface area contributed by atoms with Gasteiger partial charge >= 0.3 is 0 Å². The first kappa shape index (κ1) is 7.41. The lowest BCUT2D eigenvalue weighted by Gasteiger charge is -2.20. The molecule has 6 unspecified atom stereocenters. The van der Waals surface area contributed by atoms with Crippen LogP contribution in [0.25, 0.3) is 0 Å². The molecule has 12 heavy (non-hydrogen) atoms. The van der Waals surface area contributed by atoms with Crippen molar-refractivity contribution in [1.82, 2.24) is 0 Å². The molecule has 3 saturated carbocycles. The van der Waals surface area contributed by atoms with E-state index in [0.717, 1.165) is 34.5 Å². The third-order valence-corrected chi connectivity index (χ3v) is 5.91. The Bertz CT molecular complexity index is 244. The average Bonchev–Trinajstić information content (AvgIpc) is 2.71. The molecular weight excluding hydrogens is 144 g/mol. The monoisotopic (exact) mass is 164 g/mol. The third-order valence-electron chi connectivity index (χ3n) is 5.91. The van der Waals surface area contributed by atoms with Crippen LogP contribution in [0.5, 0.6) is 0 Å². The van der Waals surface area contributed by atoms with E-state index in [1.807, 2.05) is 0 Å². The van der Waals surface area contributed by atoms with Crippen molar-refractivity contribution in [3.05, 3.63) is 0 Å². The van der Waals surface area contributed by atoms with Gasteiger partial charge in [0.2, 0.25) is 0 Å². The number of hydrogen-bond donors (Lipinski definition) is 0. The summed E-state index contributed by atoms with van der Waals surface area (Å²) in [4.78, 5) is 0. The minimum Gasteiger partial charge on any atom is -0.0622 e. The molecule has 68 valence electrons. The van der Waals surface area contributed by atoms with E-state index in [2.05, 4.69) is 27.7 Å². The fourth-order valence-corrected chi connectivity index (χ4v) is 4.50. The Morgan fingerprint density at radius 3 is 2.00 bits per heavy atom. The third kappa shape index (κ3) is 0.506. The van der Waals surface area contributed by atoms with Gasteiger partial charge in [-0.15, -0.1) is 0 Å². The molecular formula is C12H20. The molecule has 3 rings (SSSR count). The highest BCUT2D eigenvalue weighted by molar-refractivity contribution is 5.27.